The summed E-state index contributed by atoms with van der Waals surface area (Å²) in [4.78, 5) is 14.0. The Morgan fingerprint density at radius 1 is 1.22 bits per heavy atom. The normalized spacial score (nSPS) is 10.2. The van der Waals surface area contributed by atoms with Crippen LogP contribution in [0.5, 0.6) is 5.75 Å². The molecule has 0 spiro atoms. The highest BCUT2D eigenvalue weighted by Gasteiger charge is 2.14. The molecule has 0 saturated heterocycles. The maximum absolute atomic E-state index is 11.8. The van der Waals surface area contributed by atoms with E-state index in [1.54, 1.807) is 13.2 Å². The third-order valence-corrected chi connectivity index (χ3v) is 2.89. The molecule has 0 saturated carbocycles. The average molecular weight is 251 g/mol. The van der Waals surface area contributed by atoms with Crippen molar-refractivity contribution in [3.8, 4) is 5.75 Å². The van der Waals surface area contributed by atoms with Gasteiger partial charge in [0.05, 0.1) is 12.7 Å². The highest BCUT2D eigenvalue weighted by molar-refractivity contribution is 6.00. The number of carbonyl (C=O) groups is 1. The lowest BCUT2D eigenvalue weighted by Crippen LogP contribution is -2.22. The third-order valence-electron chi connectivity index (χ3n) is 2.89. The third kappa shape index (κ3) is 3.23. The number of ketones is 1. The Balaban J connectivity index is 3.06. The lowest BCUT2D eigenvalue weighted by Gasteiger charge is -2.22. The summed E-state index contributed by atoms with van der Waals surface area (Å²) in [5.74, 6) is 0.530. The number of hydrogen-bond donors (Lipinski definition) is 0. The maximum atomic E-state index is 11.8. The van der Waals surface area contributed by atoms with Crippen LogP contribution in [0.2, 0.25) is 0 Å². The van der Waals surface area contributed by atoms with E-state index in [0.717, 1.165) is 18.8 Å². The van der Waals surface area contributed by atoms with Crippen LogP contribution in [0.15, 0.2) is 18.2 Å². The second kappa shape index (κ2) is 7.01. The van der Waals surface area contributed by atoms with Crippen molar-refractivity contribution in [2.45, 2.75) is 13.8 Å². The van der Waals surface area contributed by atoms with Gasteiger partial charge in [-0.05, 0) is 26.0 Å². The van der Waals surface area contributed by atoms with Crippen LogP contribution < -0.4 is 9.64 Å². The number of methoxy groups -OCH3 is 2. The van der Waals surface area contributed by atoms with Gasteiger partial charge in [-0.25, -0.2) is 0 Å². The van der Waals surface area contributed by atoms with Crippen molar-refractivity contribution in [2.24, 2.45) is 0 Å². The van der Waals surface area contributed by atoms with Gasteiger partial charge in [0.1, 0.15) is 12.4 Å². The Hall–Kier alpha value is -1.55. The van der Waals surface area contributed by atoms with E-state index in [9.17, 15) is 4.79 Å². The molecule has 0 atom stereocenters. The summed E-state index contributed by atoms with van der Waals surface area (Å²) in [6, 6.07) is 5.64. The second-order valence-corrected chi connectivity index (χ2v) is 3.91. The number of carbonyl (C=O) groups excluding carboxylic acids is 1. The lowest BCUT2D eigenvalue weighted by atomic mass is 10.1. The number of hydrogen-bond acceptors (Lipinski definition) is 4. The Bertz CT molecular complexity index is 400. The van der Waals surface area contributed by atoms with Gasteiger partial charge in [-0.3, -0.25) is 4.79 Å². The molecule has 0 N–H and O–H groups in total. The van der Waals surface area contributed by atoms with E-state index in [2.05, 4.69) is 18.7 Å². The van der Waals surface area contributed by atoms with E-state index in [0.29, 0.717) is 11.3 Å². The molecule has 0 aliphatic heterocycles. The summed E-state index contributed by atoms with van der Waals surface area (Å²) < 4.78 is 10.2. The van der Waals surface area contributed by atoms with Crippen molar-refractivity contribution >= 4 is 11.5 Å². The van der Waals surface area contributed by atoms with Gasteiger partial charge < -0.3 is 14.4 Å². The molecule has 1 aromatic carbocycles. The molecule has 1 rings (SSSR count). The molecule has 0 unspecified atom stereocenters. The van der Waals surface area contributed by atoms with Crippen LogP contribution in [0, 0.1) is 0 Å². The number of rotatable bonds is 7. The van der Waals surface area contributed by atoms with Crippen molar-refractivity contribution in [3.05, 3.63) is 23.8 Å². The molecule has 4 heteroatoms. The highest BCUT2D eigenvalue weighted by atomic mass is 16.5. The van der Waals surface area contributed by atoms with Crippen LogP contribution in [0.1, 0.15) is 24.2 Å². The molecule has 18 heavy (non-hydrogen) atoms. The van der Waals surface area contributed by atoms with Crippen molar-refractivity contribution in [1.29, 1.82) is 0 Å². The van der Waals surface area contributed by atoms with Crippen LogP contribution in [-0.2, 0) is 4.74 Å². The predicted molar refractivity (Wildman–Crippen MR) is 72.8 cm³/mol. The summed E-state index contributed by atoms with van der Waals surface area (Å²) >= 11 is 0. The SMILES string of the molecule is CCN(CC)c1ccc(C(=O)COC)c(OC)c1. The van der Waals surface area contributed by atoms with E-state index in [4.69, 9.17) is 9.47 Å². The first-order valence-electron chi connectivity index (χ1n) is 6.13. The minimum Gasteiger partial charge on any atom is -0.496 e. The van der Waals surface area contributed by atoms with Crippen molar-refractivity contribution in [3.63, 3.8) is 0 Å². The molecule has 0 heterocycles. The van der Waals surface area contributed by atoms with Crippen LogP contribution >= 0.6 is 0 Å². The maximum Gasteiger partial charge on any atom is 0.192 e. The number of anilines is 1. The first-order valence-corrected chi connectivity index (χ1v) is 6.13. The van der Waals surface area contributed by atoms with E-state index >= 15 is 0 Å². The first kappa shape index (κ1) is 14.5. The average Bonchev–Trinajstić information content (AvgIpc) is 2.40. The fourth-order valence-corrected chi connectivity index (χ4v) is 1.90. The molecular weight excluding hydrogens is 230 g/mol. The Morgan fingerprint density at radius 2 is 1.89 bits per heavy atom. The first-order chi connectivity index (χ1) is 8.67. The topological polar surface area (TPSA) is 38.8 Å². The van der Waals surface area contributed by atoms with E-state index < -0.39 is 0 Å². The predicted octanol–water partition coefficient (Wildman–Crippen LogP) is 2.37. The minimum absolute atomic E-state index is 0.0690. The van der Waals surface area contributed by atoms with E-state index in [-0.39, 0.29) is 12.4 Å². The molecule has 0 bridgehead atoms. The number of Topliss-reactive ketones (excluding diaryl/α,β-unsaturated/α-hetero) is 1. The Morgan fingerprint density at radius 3 is 2.39 bits per heavy atom. The van der Waals surface area contributed by atoms with Gasteiger partial charge in [0.25, 0.3) is 0 Å². The molecule has 0 aromatic heterocycles. The quantitative estimate of drug-likeness (QED) is 0.697. The zero-order valence-electron chi connectivity index (χ0n) is 11.5. The Kier molecular flexibility index (Phi) is 5.65. The van der Waals surface area contributed by atoms with Gasteiger partial charge in [-0.15, -0.1) is 0 Å². The van der Waals surface area contributed by atoms with Crippen molar-refractivity contribution < 1.29 is 14.3 Å². The minimum atomic E-state index is -0.0690. The van der Waals surface area contributed by atoms with Gasteiger partial charge in [0, 0.05) is 32.0 Å². The van der Waals surface area contributed by atoms with E-state index in [1.807, 2.05) is 12.1 Å². The van der Waals surface area contributed by atoms with Gasteiger partial charge in [-0.2, -0.15) is 0 Å². The molecule has 100 valence electrons. The van der Waals surface area contributed by atoms with Crippen LogP contribution in [-0.4, -0.2) is 39.7 Å². The Labute approximate surface area is 108 Å². The smallest absolute Gasteiger partial charge is 0.192 e. The van der Waals surface area contributed by atoms with Crippen LogP contribution in [0.3, 0.4) is 0 Å². The molecule has 0 aliphatic carbocycles. The van der Waals surface area contributed by atoms with Gasteiger partial charge in [0.2, 0.25) is 0 Å². The summed E-state index contributed by atoms with van der Waals surface area (Å²) in [6.45, 7) is 6.11. The fraction of sp³-hybridized carbons (Fsp3) is 0.500. The molecular formula is C14H21NO3. The monoisotopic (exact) mass is 251 g/mol. The van der Waals surface area contributed by atoms with Crippen LogP contribution in [0.4, 0.5) is 5.69 Å². The summed E-state index contributed by atoms with van der Waals surface area (Å²) in [7, 11) is 3.08. The van der Waals surface area contributed by atoms with Crippen LogP contribution in [0.25, 0.3) is 0 Å². The standard InChI is InChI=1S/C14H21NO3/c1-5-15(6-2)11-7-8-12(13(16)10-17-3)14(9-11)18-4/h7-9H,5-6,10H2,1-4H3. The molecule has 0 fully saturated rings. The number of ether oxygens (including phenoxy) is 2. The van der Waals surface area contributed by atoms with E-state index in [1.165, 1.54) is 7.11 Å². The van der Waals surface area contributed by atoms with Gasteiger partial charge in [0.15, 0.2) is 5.78 Å². The second-order valence-electron chi connectivity index (χ2n) is 3.91. The fourth-order valence-electron chi connectivity index (χ4n) is 1.90. The number of nitrogens with zero attached hydrogens (tertiary/aromatic N) is 1. The molecule has 0 aliphatic rings. The molecule has 1 aromatic rings. The molecule has 0 amide bonds. The molecule has 4 nitrogen and oxygen atoms in total. The van der Waals surface area contributed by atoms with Crippen molar-refractivity contribution in [1.82, 2.24) is 0 Å². The largest absolute Gasteiger partial charge is 0.496 e. The van der Waals surface area contributed by atoms with Crippen molar-refractivity contribution in [2.75, 3.05) is 38.8 Å². The summed E-state index contributed by atoms with van der Waals surface area (Å²) in [5.41, 5.74) is 1.63. The summed E-state index contributed by atoms with van der Waals surface area (Å²) in [6.07, 6.45) is 0. The summed E-state index contributed by atoms with van der Waals surface area (Å²) in [5, 5.41) is 0. The van der Waals surface area contributed by atoms with Gasteiger partial charge in [-0.1, -0.05) is 0 Å². The lowest BCUT2D eigenvalue weighted by molar-refractivity contribution is 0.0845. The van der Waals surface area contributed by atoms with Gasteiger partial charge >= 0.3 is 0 Å². The highest BCUT2D eigenvalue weighted by Crippen LogP contribution is 2.26. The number of benzene rings is 1. The zero-order valence-corrected chi connectivity index (χ0v) is 11.5. The molecule has 0 radical (unpaired) electrons. The zero-order chi connectivity index (χ0) is 13.5.